The van der Waals surface area contributed by atoms with Crippen LogP contribution in [0.25, 0.3) is 0 Å². The van der Waals surface area contributed by atoms with Gasteiger partial charge in [0, 0.05) is 25.2 Å². The van der Waals surface area contributed by atoms with Crippen LogP contribution in [0.4, 0.5) is 0 Å². The molecule has 2 heteroatoms. The lowest BCUT2D eigenvalue weighted by Crippen LogP contribution is -2.35. The summed E-state index contributed by atoms with van der Waals surface area (Å²) in [5.74, 6) is 1.98. The molecule has 2 saturated carbocycles. The number of nitrogens with one attached hydrogen (secondary N) is 1. The second kappa shape index (κ2) is 4.66. The highest BCUT2D eigenvalue weighted by atomic mass is 15.2. The molecule has 0 bridgehead atoms. The predicted molar refractivity (Wildman–Crippen MR) is 67.5 cm³/mol. The summed E-state index contributed by atoms with van der Waals surface area (Å²) >= 11 is 0. The minimum absolute atomic E-state index is 0.809. The molecule has 1 saturated heterocycles. The van der Waals surface area contributed by atoms with Gasteiger partial charge in [-0.3, -0.25) is 0 Å². The number of likely N-dealkylation sites (tertiary alicyclic amines) is 1. The Bertz CT molecular complexity index is 237. The predicted octanol–water partition coefficient (Wildman–Crippen LogP) is 2.25. The molecule has 0 aromatic heterocycles. The third-order valence-corrected chi connectivity index (χ3v) is 4.85. The van der Waals surface area contributed by atoms with Crippen molar-refractivity contribution in [1.29, 1.82) is 0 Å². The minimum Gasteiger partial charge on any atom is -0.310 e. The quantitative estimate of drug-likeness (QED) is 0.785. The molecule has 3 rings (SSSR count). The van der Waals surface area contributed by atoms with Crippen molar-refractivity contribution in [3.05, 3.63) is 0 Å². The van der Waals surface area contributed by atoms with Crippen molar-refractivity contribution >= 4 is 0 Å². The van der Waals surface area contributed by atoms with E-state index in [0.29, 0.717) is 0 Å². The lowest BCUT2D eigenvalue weighted by molar-refractivity contribution is 0.244. The van der Waals surface area contributed by atoms with Crippen LogP contribution >= 0.6 is 0 Å². The van der Waals surface area contributed by atoms with Gasteiger partial charge in [-0.2, -0.15) is 0 Å². The summed E-state index contributed by atoms with van der Waals surface area (Å²) in [6.07, 6.45) is 8.67. The Hall–Kier alpha value is -0.0800. The zero-order chi connectivity index (χ0) is 11.0. The molecule has 1 heterocycles. The van der Waals surface area contributed by atoms with E-state index in [-0.39, 0.29) is 0 Å². The molecule has 92 valence electrons. The molecule has 0 aromatic carbocycles. The number of rotatable bonds is 4. The molecule has 0 spiro atoms. The Balaban J connectivity index is 1.42. The minimum atomic E-state index is 0.809. The second-order valence-corrected chi connectivity index (χ2v) is 6.35. The summed E-state index contributed by atoms with van der Waals surface area (Å²) in [7, 11) is 0. The molecule has 0 radical (unpaired) electrons. The van der Waals surface area contributed by atoms with Crippen LogP contribution in [-0.2, 0) is 0 Å². The van der Waals surface area contributed by atoms with Crippen molar-refractivity contribution in [2.75, 3.05) is 19.6 Å². The molecular weight excluding hydrogens is 196 g/mol. The lowest BCUT2D eigenvalue weighted by Gasteiger charge is -2.23. The summed E-state index contributed by atoms with van der Waals surface area (Å²) in [6.45, 7) is 6.49. The van der Waals surface area contributed by atoms with Crippen LogP contribution in [0.3, 0.4) is 0 Å². The van der Waals surface area contributed by atoms with E-state index >= 15 is 0 Å². The fourth-order valence-electron chi connectivity index (χ4n) is 3.54. The standard InChI is InChI=1S/C14H26N2/c1-11-3-2-4-12(11)9-16-8-7-14(10-16)15-13-5-6-13/h11-15H,2-10H2,1H3. The van der Waals surface area contributed by atoms with E-state index in [4.69, 9.17) is 0 Å². The second-order valence-electron chi connectivity index (χ2n) is 6.35. The van der Waals surface area contributed by atoms with Crippen molar-refractivity contribution in [1.82, 2.24) is 10.2 Å². The summed E-state index contributed by atoms with van der Waals surface area (Å²) in [5.41, 5.74) is 0. The van der Waals surface area contributed by atoms with E-state index in [1.165, 1.54) is 58.2 Å². The molecular formula is C14H26N2. The zero-order valence-electron chi connectivity index (χ0n) is 10.6. The summed E-state index contributed by atoms with van der Waals surface area (Å²) in [4.78, 5) is 2.71. The molecule has 0 aromatic rings. The zero-order valence-corrected chi connectivity index (χ0v) is 10.6. The normalized spacial score (nSPS) is 40.7. The molecule has 3 atom stereocenters. The van der Waals surface area contributed by atoms with E-state index in [1.54, 1.807) is 0 Å². The Labute approximate surface area is 99.8 Å². The number of hydrogen-bond acceptors (Lipinski definition) is 2. The molecule has 2 aliphatic carbocycles. The number of hydrogen-bond donors (Lipinski definition) is 1. The molecule has 3 unspecified atom stereocenters. The monoisotopic (exact) mass is 222 g/mol. The highest BCUT2D eigenvalue weighted by molar-refractivity contribution is 4.90. The van der Waals surface area contributed by atoms with Gasteiger partial charge in [-0.15, -0.1) is 0 Å². The first-order valence-corrected chi connectivity index (χ1v) is 7.29. The van der Waals surface area contributed by atoms with Gasteiger partial charge in [0.15, 0.2) is 0 Å². The van der Waals surface area contributed by atoms with Gasteiger partial charge in [0.2, 0.25) is 0 Å². The van der Waals surface area contributed by atoms with Crippen LogP contribution in [0.15, 0.2) is 0 Å². The summed E-state index contributed by atoms with van der Waals surface area (Å²) in [5, 5.41) is 3.78. The van der Waals surface area contributed by atoms with Crippen LogP contribution in [0, 0.1) is 11.8 Å². The maximum atomic E-state index is 3.78. The topological polar surface area (TPSA) is 15.3 Å². The van der Waals surface area contributed by atoms with Gasteiger partial charge in [0.1, 0.15) is 0 Å². The van der Waals surface area contributed by atoms with E-state index in [2.05, 4.69) is 17.1 Å². The molecule has 16 heavy (non-hydrogen) atoms. The van der Waals surface area contributed by atoms with Crippen LogP contribution in [0.1, 0.15) is 45.4 Å². The van der Waals surface area contributed by atoms with Gasteiger partial charge in [0.05, 0.1) is 0 Å². The molecule has 1 aliphatic heterocycles. The van der Waals surface area contributed by atoms with Crippen molar-refractivity contribution < 1.29 is 0 Å². The van der Waals surface area contributed by atoms with Gasteiger partial charge in [-0.05, 0) is 44.1 Å². The maximum absolute atomic E-state index is 3.78. The summed E-state index contributed by atoms with van der Waals surface area (Å²) < 4.78 is 0. The van der Waals surface area contributed by atoms with Crippen molar-refractivity contribution in [2.24, 2.45) is 11.8 Å². The van der Waals surface area contributed by atoms with Crippen LogP contribution < -0.4 is 5.32 Å². The average Bonchev–Trinajstić information content (AvgIpc) is 2.82. The highest BCUT2D eigenvalue weighted by Gasteiger charge is 2.31. The largest absolute Gasteiger partial charge is 0.310 e. The fraction of sp³-hybridized carbons (Fsp3) is 1.00. The van der Waals surface area contributed by atoms with Crippen LogP contribution in [-0.4, -0.2) is 36.6 Å². The van der Waals surface area contributed by atoms with Crippen molar-refractivity contribution in [3.63, 3.8) is 0 Å². The first-order valence-electron chi connectivity index (χ1n) is 7.29. The van der Waals surface area contributed by atoms with Gasteiger partial charge < -0.3 is 10.2 Å². The fourth-order valence-corrected chi connectivity index (χ4v) is 3.54. The third-order valence-electron chi connectivity index (χ3n) is 4.85. The SMILES string of the molecule is CC1CCCC1CN1CCC(NC2CC2)C1. The summed E-state index contributed by atoms with van der Waals surface area (Å²) in [6, 6.07) is 1.69. The van der Waals surface area contributed by atoms with Gasteiger partial charge in [-0.25, -0.2) is 0 Å². The van der Waals surface area contributed by atoms with E-state index < -0.39 is 0 Å². The van der Waals surface area contributed by atoms with Gasteiger partial charge in [0.25, 0.3) is 0 Å². The Kier molecular flexibility index (Phi) is 3.21. The molecule has 1 N–H and O–H groups in total. The first kappa shape index (κ1) is 11.0. The molecule has 3 aliphatic rings. The first-order chi connectivity index (χ1) is 7.81. The van der Waals surface area contributed by atoms with Crippen molar-refractivity contribution in [3.8, 4) is 0 Å². The maximum Gasteiger partial charge on any atom is 0.0209 e. The van der Waals surface area contributed by atoms with Gasteiger partial charge >= 0.3 is 0 Å². The lowest BCUT2D eigenvalue weighted by atomic mass is 9.98. The Morgan fingerprint density at radius 1 is 1.06 bits per heavy atom. The molecule has 2 nitrogen and oxygen atoms in total. The van der Waals surface area contributed by atoms with E-state index in [1.807, 2.05) is 0 Å². The highest BCUT2D eigenvalue weighted by Crippen LogP contribution is 2.32. The van der Waals surface area contributed by atoms with E-state index in [9.17, 15) is 0 Å². The smallest absolute Gasteiger partial charge is 0.0209 e. The third kappa shape index (κ3) is 2.60. The molecule has 3 fully saturated rings. The van der Waals surface area contributed by atoms with Crippen LogP contribution in [0.5, 0.6) is 0 Å². The molecule has 0 amide bonds. The van der Waals surface area contributed by atoms with E-state index in [0.717, 1.165) is 23.9 Å². The average molecular weight is 222 g/mol. The Morgan fingerprint density at radius 2 is 1.94 bits per heavy atom. The Morgan fingerprint density at radius 3 is 2.62 bits per heavy atom. The van der Waals surface area contributed by atoms with Crippen LogP contribution in [0.2, 0.25) is 0 Å². The number of nitrogens with zero attached hydrogens (tertiary/aromatic N) is 1. The van der Waals surface area contributed by atoms with Gasteiger partial charge in [-0.1, -0.05) is 19.8 Å². The van der Waals surface area contributed by atoms with Crippen molar-refractivity contribution in [2.45, 2.75) is 57.5 Å².